The van der Waals surface area contributed by atoms with Gasteiger partial charge < -0.3 is 70.3 Å². The molecule has 0 amide bonds. The van der Waals surface area contributed by atoms with Crippen LogP contribution in [0.2, 0.25) is 0 Å². The Balaban J connectivity index is -0.0000000114. The maximum Gasteiger partial charge on any atom is 3.00 e. The monoisotopic (exact) mass is 594 g/mol. The van der Waals surface area contributed by atoms with E-state index >= 15 is 0 Å². The van der Waals surface area contributed by atoms with Crippen LogP contribution in [-0.2, 0) is 56.4 Å². The average Bonchev–Trinajstić information content (AvgIpc) is 1.94. The van der Waals surface area contributed by atoms with Crippen LogP contribution in [-0.4, -0.2) is 127 Å². The van der Waals surface area contributed by atoms with Crippen molar-refractivity contribution in [1.82, 2.24) is 0 Å². The zero-order chi connectivity index (χ0) is 17.9. The van der Waals surface area contributed by atoms with Gasteiger partial charge in [-0.05, 0) is 0 Å². The molecule has 0 aliphatic carbocycles. The predicted octanol–water partition coefficient (Wildman–Crippen LogP) is -15.9. The molecule has 0 saturated heterocycles. The van der Waals surface area contributed by atoms with Crippen LogP contribution in [0.25, 0.3) is 0 Å². The smallest absolute Gasteiger partial charge is 0.672 e. The molecule has 0 unspecified atom stereocenters. The number of hydrogen-bond donors (Lipinski definition) is 0. The summed E-state index contributed by atoms with van der Waals surface area (Å²) in [6.07, 6.45) is 0. The zero-order valence-corrected chi connectivity index (χ0v) is 24.2. The van der Waals surface area contributed by atoms with Crippen molar-refractivity contribution < 1.29 is 104 Å². The van der Waals surface area contributed by atoms with Crippen LogP contribution in [0.15, 0.2) is 0 Å². The topological polar surface area (TPSA) is 316 Å². The summed E-state index contributed by atoms with van der Waals surface area (Å²) in [4.78, 5) is 85.2. The molecule has 0 aliphatic rings. The number of rotatable bonds is 0. The van der Waals surface area contributed by atoms with Gasteiger partial charge in [-0.3, -0.25) is 0 Å². The zero-order valence-electron chi connectivity index (χ0n) is 11.9. The van der Waals surface area contributed by atoms with Gasteiger partial charge in [0.05, 0.1) is 0 Å². The summed E-state index contributed by atoms with van der Waals surface area (Å²) in [6.45, 7) is 0. The van der Waals surface area contributed by atoms with Crippen LogP contribution in [0.4, 0.5) is 0 Å². The second kappa shape index (κ2) is 63.2. The van der Waals surface area contributed by atoms with Crippen molar-refractivity contribution in [2.75, 3.05) is 0 Å². The van der Waals surface area contributed by atoms with Crippen molar-refractivity contribution >= 4 is 127 Å². The van der Waals surface area contributed by atoms with Gasteiger partial charge in [0.25, 0.3) is 0 Å². The normalized spacial score (nSPS) is 4.62. The van der Waals surface area contributed by atoms with Gasteiger partial charge in [0.15, 0.2) is 0 Å². The minimum absolute atomic E-state index is 0. The van der Waals surface area contributed by atoms with Crippen molar-refractivity contribution in [2.45, 2.75) is 0 Å². The Bertz CT molecular complexity index is 231. The molecule has 0 aromatic heterocycles. The molecule has 0 heterocycles. The molecular weight excluding hydrogens is 595 g/mol. The van der Waals surface area contributed by atoms with E-state index < -0.39 is 45.9 Å². The molecule has 26 heavy (non-hydrogen) atoms. The van der Waals surface area contributed by atoms with E-state index in [-0.39, 0.29) is 115 Å². The van der Waals surface area contributed by atoms with E-state index in [4.69, 9.17) is 70.3 Å². The SMILES string of the molecule is O=[Si]([O-])[O-].O=[Si]([O-])[O-].O=[Si]([O-])[O-].O=[Si]([O-])[O-].O=[Si]([O-])[O-].[Al].[Al].[Fe+3].[Fe+3].[Mg+2].[Mg+2]. The molecule has 26 heteroatoms. The van der Waals surface area contributed by atoms with Crippen molar-refractivity contribution in [3.63, 3.8) is 0 Å². The van der Waals surface area contributed by atoms with Crippen molar-refractivity contribution in [1.29, 1.82) is 0 Å². The Morgan fingerprint density at radius 3 is 0.346 bits per heavy atom. The average molecular weight is 595 g/mol. The van der Waals surface area contributed by atoms with Gasteiger partial charge in [-0.25, -0.2) is 0 Å². The number of hydrogen-bond acceptors (Lipinski definition) is 15. The molecule has 0 aromatic rings. The summed E-state index contributed by atoms with van der Waals surface area (Å²) < 4.78 is 42.6. The molecule has 0 saturated carbocycles. The standard InChI is InChI=1S/2Al.2Fe.2Mg.5O3Si/c;;;;;;5*1-4(2)3/q;;2*+3;2*+2;5*-2. The molecule has 136 valence electrons. The van der Waals surface area contributed by atoms with Crippen LogP contribution in [0.1, 0.15) is 0 Å². The summed E-state index contributed by atoms with van der Waals surface area (Å²) in [5.74, 6) is 0. The molecule has 0 rings (SSSR count). The second-order valence-corrected chi connectivity index (χ2v) is 3.75. The van der Waals surface area contributed by atoms with Crippen molar-refractivity contribution in [3.8, 4) is 0 Å². The molecule has 15 nitrogen and oxygen atoms in total. The van der Waals surface area contributed by atoms with Gasteiger partial charge in [-0.2, -0.15) is 0 Å². The maximum atomic E-state index is 8.52. The van der Waals surface area contributed by atoms with E-state index in [0.29, 0.717) is 0 Å². The maximum absolute atomic E-state index is 8.52. The first-order valence-corrected chi connectivity index (χ1v) is 9.19. The van der Waals surface area contributed by atoms with Gasteiger partial charge in [-0.1, -0.05) is 0 Å². The summed E-state index contributed by atoms with van der Waals surface area (Å²) in [7, 11) is -18.1. The molecule has 8 radical (unpaired) electrons. The fourth-order valence-corrected chi connectivity index (χ4v) is 0. The third-order valence-electron chi connectivity index (χ3n) is 0. The second-order valence-electron chi connectivity index (χ2n) is 1.25. The van der Waals surface area contributed by atoms with E-state index in [1.165, 1.54) is 0 Å². The summed E-state index contributed by atoms with van der Waals surface area (Å²) in [5, 5.41) is 0. The Morgan fingerprint density at radius 1 is 0.346 bits per heavy atom. The minimum Gasteiger partial charge on any atom is -0.672 e. The van der Waals surface area contributed by atoms with E-state index in [2.05, 4.69) is 0 Å². The first kappa shape index (κ1) is 70.8. The molecule has 0 aromatic carbocycles. The van der Waals surface area contributed by atoms with E-state index in [0.717, 1.165) is 0 Å². The van der Waals surface area contributed by atoms with Gasteiger partial charge in [0, 0.05) is 80.6 Å². The van der Waals surface area contributed by atoms with E-state index in [1.54, 1.807) is 0 Å². The molecule has 0 aliphatic heterocycles. The largest absolute Gasteiger partial charge is 3.00 e. The minimum atomic E-state index is -3.63. The molecule has 0 N–H and O–H groups in total. The quantitative estimate of drug-likeness (QED) is 0.235. The third-order valence-corrected chi connectivity index (χ3v) is 0. The Hall–Kier alpha value is 1.72. The van der Waals surface area contributed by atoms with Gasteiger partial charge in [0.1, 0.15) is 0 Å². The van der Waals surface area contributed by atoms with Crippen LogP contribution >= 0.6 is 0 Å². The first-order valence-electron chi connectivity index (χ1n) is 3.06. The van der Waals surface area contributed by atoms with E-state index in [1.807, 2.05) is 0 Å². The molecule has 0 fully saturated rings. The fraction of sp³-hybridized carbons (Fsp3) is 0. The molecule has 0 spiro atoms. The van der Waals surface area contributed by atoms with Crippen LogP contribution in [0, 0.1) is 0 Å². The van der Waals surface area contributed by atoms with Gasteiger partial charge >= 0.3 is 80.2 Å². The van der Waals surface area contributed by atoms with Crippen LogP contribution in [0.3, 0.4) is 0 Å². The summed E-state index contributed by atoms with van der Waals surface area (Å²) in [6, 6.07) is 0. The third kappa shape index (κ3) is 5310. The summed E-state index contributed by atoms with van der Waals surface area (Å²) >= 11 is 0. The fourth-order valence-electron chi connectivity index (χ4n) is 0. The molecular formula is Al2Fe2Mg2O15Si5. The van der Waals surface area contributed by atoms with Crippen LogP contribution in [0.5, 0.6) is 0 Å². The molecule has 0 atom stereocenters. The first-order chi connectivity index (χ1) is 8.66. The Labute approximate surface area is 228 Å². The van der Waals surface area contributed by atoms with Gasteiger partial charge in [0.2, 0.25) is 0 Å². The summed E-state index contributed by atoms with van der Waals surface area (Å²) in [5.41, 5.74) is 0. The van der Waals surface area contributed by atoms with Crippen molar-refractivity contribution in [2.24, 2.45) is 0 Å². The Morgan fingerprint density at radius 2 is 0.346 bits per heavy atom. The van der Waals surface area contributed by atoms with Gasteiger partial charge in [-0.15, -0.1) is 0 Å². The van der Waals surface area contributed by atoms with E-state index in [9.17, 15) is 0 Å². The molecule has 0 bridgehead atoms. The Kier molecular flexibility index (Phi) is 172. The van der Waals surface area contributed by atoms with Crippen molar-refractivity contribution in [3.05, 3.63) is 0 Å². The predicted molar refractivity (Wildman–Crippen MR) is 55.2 cm³/mol. The van der Waals surface area contributed by atoms with Crippen LogP contribution < -0.4 is 48.0 Å².